The molecule has 0 radical (unpaired) electrons. The number of carboxylic acid groups (broad SMARTS) is 1. The van der Waals surface area contributed by atoms with Crippen LogP contribution in [0.1, 0.15) is 19.8 Å². The van der Waals surface area contributed by atoms with E-state index >= 15 is 0 Å². The number of esters is 1. The van der Waals surface area contributed by atoms with Gasteiger partial charge in [0.25, 0.3) is 0 Å². The van der Waals surface area contributed by atoms with Crippen LogP contribution in [0.25, 0.3) is 0 Å². The molecule has 1 saturated carbocycles. The summed E-state index contributed by atoms with van der Waals surface area (Å²) >= 11 is 0. The van der Waals surface area contributed by atoms with E-state index in [1.807, 2.05) is 0 Å². The van der Waals surface area contributed by atoms with Crippen LogP contribution < -0.4 is 0 Å². The van der Waals surface area contributed by atoms with Crippen molar-refractivity contribution in [2.24, 2.45) is 17.8 Å². The van der Waals surface area contributed by atoms with Gasteiger partial charge in [0.05, 0.1) is 18.4 Å². The summed E-state index contributed by atoms with van der Waals surface area (Å²) in [6, 6.07) is 0. The zero-order valence-electron chi connectivity index (χ0n) is 8.81. The summed E-state index contributed by atoms with van der Waals surface area (Å²) in [4.78, 5) is 22.4. The van der Waals surface area contributed by atoms with Gasteiger partial charge in [-0.15, -0.1) is 6.58 Å². The van der Waals surface area contributed by atoms with Crippen molar-refractivity contribution >= 4 is 11.9 Å². The van der Waals surface area contributed by atoms with Gasteiger partial charge < -0.3 is 9.84 Å². The van der Waals surface area contributed by atoms with E-state index in [1.165, 1.54) is 0 Å². The highest BCUT2D eigenvalue weighted by atomic mass is 16.5. The van der Waals surface area contributed by atoms with Gasteiger partial charge in [-0.2, -0.15) is 0 Å². The fourth-order valence-corrected chi connectivity index (χ4v) is 2.17. The quantitative estimate of drug-likeness (QED) is 0.566. The van der Waals surface area contributed by atoms with Crippen molar-refractivity contribution in [3.63, 3.8) is 0 Å². The average Bonchev–Trinajstić information content (AvgIpc) is 2.61. The van der Waals surface area contributed by atoms with Crippen molar-refractivity contribution in [3.8, 4) is 0 Å². The van der Waals surface area contributed by atoms with Crippen LogP contribution in [0.3, 0.4) is 0 Å². The fourth-order valence-electron chi connectivity index (χ4n) is 2.17. The van der Waals surface area contributed by atoms with E-state index in [9.17, 15) is 9.59 Å². The lowest BCUT2D eigenvalue weighted by Gasteiger charge is -2.17. The molecule has 1 fully saturated rings. The van der Waals surface area contributed by atoms with E-state index in [2.05, 4.69) is 6.58 Å². The second-order valence-corrected chi connectivity index (χ2v) is 3.69. The van der Waals surface area contributed by atoms with E-state index in [0.29, 0.717) is 19.4 Å². The van der Waals surface area contributed by atoms with Crippen molar-refractivity contribution in [2.75, 3.05) is 6.61 Å². The van der Waals surface area contributed by atoms with Crippen molar-refractivity contribution < 1.29 is 19.4 Å². The van der Waals surface area contributed by atoms with Crippen LogP contribution in [-0.4, -0.2) is 23.7 Å². The van der Waals surface area contributed by atoms with Crippen molar-refractivity contribution in [2.45, 2.75) is 19.8 Å². The highest BCUT2D eigenvalue weighted by Crippen LogP contribution is 2.38. The molecular weight excluding hydrogens is 196 g/mol. The smallest absolute Gasteiger partial charge is 0.309 e. The monoisotopic (exact) mass is 212 g/mol. The van der Waals surface area contributed by atoms with Gasteiger partial charge in [-0.25, -0.2) is 0 Å². The number of hydrogen-bond acceptors (Lipinski definition) is 3. The van der Waals surface area contributed by atoms with Gasteiger partial charge in [0.15, 0.2) is 0 Å². The number of carbonyl (C=O) groups excluding carboxylic acids is 1. The third-order valence-corrected chi connectivity index (χ3v) is 2.90. The lowest BCUT2D eigenvalue weighted by atomic mass is 9.89. The van der Waals surface area contributed by atoms with E-state index < -0.39 is 11.9 Å². The summed E-state index contributed by atoms with van der Waals surface area (Å²) in [5, 5.41) is 8.94. The topological polar surface area (TPSA) is 63.6 Å². The predicted octanol–water partition coefficient (Wildman–Crippen LogP) is 1.46. The standard InChI is InChI=1S/C11H16O4/c1-3-7-8(10(12)13)5-6-9(7)11(14)15-4-2/h3,7-9H,1,4-6H2,2H3,(H,12,13)/t7-,8-,9-/m1/s1. The van der Waals surface area contributed by atoms with Gasteiger partial charge >= 0.3 is 11.9 Å². The van der Waals surface area contributed by atoms with Crippen LogP contribution >= 0.6 is 0 Å². The minimum absolute atomic E-state index is 0.290. The van der Waals surface area contributed by atoms with Crippen LogP contribution in [0.2, 0.25) is 0 Å². The molecule has 0 heterocycles. The van der Waals surface area contributed by atoms with Crippen molar-refractivity contribution in [3.05, 3.63) is 12.7 Å². The molecule has 1 N–H and O–H groups in total. The van der Waals surface area contributed by atoms with Crippen molar-refractivity contribution in [1.29, 1.82) is 0 Å². The molecule has 0 unspecified atom stereocenters. The van der Waals surface area contributed by atoms with E-state index in [4.69, 9.17) is 9.84 Å². The molecule has 0 aliphatic heterocycles. The maximum Gasteiger partial charge on any atom is 0.309 e. The molecule has 15 heavy (non-hydrogen) atoms. The normalized spacial score (nSPS) is 29.8. The van der Waals surface area contributed by atoms with Crippen LogP contribution in [0.4, 0.5) is 0 Å². The lowest BCUT2D eigenvalue weighted by molar-refractivity contribution is -0.149. The number of aliphatic carboxylic acids is 1. The molecule has 1 aliphatic carbocycles. The first-order valence-electron chi connectivity index (χ1n) is 5.13. The third kappa shape index (κ3) is 2.37. The number of allylic oxidation sites excluding steroid dienone is 1. The minimum atomic E-state index is -0.855. The second kappa shape index (κ2) is 4.96. The van der Waals surface area contributed by atoms with Crippen molar-refractivity contribution in [1.82, 2.24) is 0 Å². The first-order valence-corrected chi connectivity index (χ1v) is 5.13. The zero-order valence-corrected chi connectivity index (χ0v) is 8.81. The fraction of sp³-hybridized carbons (Fsp3) is 0.636. The number of carboxylic acids is 1. The van der Waals surface area contributed by atoms with E-state index in [1.54, 1.807) is 13.0 Å². The molecule has 0 aromatic rings. The SMILES string of the molecule is C=C[C@@H]1[C@H](C(=O)O)CC[C@H]1C(=O)OCC. The molecule has 84 valence electrons. The Kier molecular flexibility index (Phi) is 3.88. The molecule has 1 aliphatic rings. The number of carbonyl (C=O) groups is 2. The van der Waals surface area contributed by atoms with Gasteiger partial charge in [-0.3, -0.25) is 9.59 Å². The molecule has 0 spiro atoms. The predicted molar refractivity (Wildman–Crippen MR) is 54.2 cm³/mol. The zero-order chi connectivity index (χ0) is 11.4. The van der Waals surface area contributed by atoms with Crippen LogP contribution in [-0.2, 0) is 14.3 Å². The molecule has 0 amide bonds. The highest BCUT2D eigenvalue weighted by molar-refractivity contribution is 5.77. The summed E-state index contributed by atoms with van der Waals surface area (Å²) in [5.74, 6) is -2.26. The molecule has 0 saturated heterocycles. The van der Waals surface area contributed by atoms with Crippen LogP contribution in [0, 0.1) is 17.8 Å². The van der Waals surface area contributed by atoms with Gasteiger partial charge in [0, 0.05) is 5.92 Å². The summed E-state index contributed by atoms with van der Waals surface area (Å²) < 4.78 is 4.91. The number of rotatable bonds is 4. The highest BCUT2D eigenvalue weighted by Gasteiger charge is 2.42. The van der Waals surface area contributed by atoms with Gasteiger partial charge in [0.2, 0.25) is 0 Å². The number of ether oxygens (including phenoxy) is 1. The molecule has 1 rings (SSSR count). The summed E-state index contributed by atoms with van der Waals surface area (Å²) in [6.45, 7) is 5.67. The van der Waals surface area contributed by atoms with Crippen LogP contribution in [0.5, 0.6) is 0 Å². The first kappa shape index (κ1) is 11.8. The minimum Gasteiger partial charge on any atom is -0.481 e. The Morgan fingerprint density at radius 3 is 2.53 bits per heavy atom. The van der Waals surface area contributed by atoms with Gasteiger partial charge in [-0.1, -0.05) is 6.08 Å². The molecule has 0 aromatic carbocycles. The Morgan fingerprint density at radius 2 is 2.07 bits per heavy atom. The Labute approximate surface area is 88.9 Å². The maximum atomic E-state index is 11.5. The van der Waals surface area contributed by atoms with E-state index in [0.717, 1.165) is 0 Å². The Bertz CT molecular complexity index is 272. The Hall–Kier alpha value is -1.32. The largest absolute Gasteiger partial charge is 0.481 e. The van der Waals surface area contributed by atoms with E-state index in [-0.39, 0.29) is 17.8 Å². The molecule has 3 atom stereocenters. The second-order valence-electron chi connectivity index (χ2n) is 3.69. The Morgan fingerprint density at radius 1 is 1.47 bits per heavy atom. The summed E-state index contributed by atoms with van der Waals surface area (Å²) in [5.41, 5.74) is 0. The molecule has 4 nitrogen and oxygen atoms in total. The molecular formula is C11H16O4. The van der Waals surface area contributed by atoms with Gasteiger partial charge in [-0.05, 0) is 19.8 Å². The maximum absolute atomic E-state index is 11.5. The van der Waals surface area contributed by atoms with Gasteiger partial charge in [0.1, 0.15) is 0 Å². The Balaban J connectivity index is 2.72. The number of hydrogen-bond donors (Lipinski definition) is 1. The molecule has 4 heteroatoms. The molecule has 0 bridgehead atoms. The van der Waals surface area contributed by atoms with Crippen LogP contribution in [0.15, 0.2) is 12.7 Å². The first-order chi connectivity index (χ1) is 7.11. The summed E-state index contributed by atoms with van der Waals surface area (Å²) in [6.07, 6.45) is 2.66. The average molecular weight is 212 g/mol. The molecule has 0 aromatic heterocycles. The lowest BCUT2D eigenvalue weighted by Crippen LogP contribution is -2.26. The summed E-state index contributed by atoms with van der Waals surface area (Å²) in [7, 11) is 0. The third-order valence-electron chi connectivity index (χ3n) is 2.90.